The molecule has 5 rings (SSSR count). The third-order valence-electron chi connectivity index (χ3n) is 5.79. The predicted molar refractivity (Wildman–Crippen MR) is 111 cm³/mol. The van der Waals surface area contributed by atoms with Crippen molar-refractivity contribution in [1.29, 1.82) is 0 Å². The van der Waals surface area contributed by atoms with Crippen LogP contribution in [0.15, 0.2) is 42.9 Å². The van der Waals surface area contributed by atoms with Crippen LogP contribution in [0.2, 0.25) is 0 Å². The summed E-state index contributed by atoms with van der Waals surface area (Å²) < 4.78 is 3.83. The molecule has 4 aromatic heterocycles. The van der Waals surface area contributed by atoms with Gasteiger partial charge >= 0.3 is 0 Å². The van der Waals surface area contributed by atoms with Crippen LogP contribution in [0.4, 0.5) is 11.8 Å². The maximum Gasteiger partial charge on any atom is 0.228 e. The lowest BCUT2D eigenvalue weighted by Gasteiger charge is -2.23. The van der Waals surface area contributed by atoms with Gasteiger partial charge < -0.3 is 5.32 Å². The molecule has 0 aliphatic heterocycles. The first-order valence-corrected chi connectivity index (χ1v) is 9.92. The Hall–Kier alpha value is -3.29. The largest absolute Gasteiger partial charge is 0.309 e. The van der Waals surface area contributed by atoms with Gasteiger partial charge in [-0.2, -0.15) is 5.10 Å². The Morgan fingerprint density at radius 3 is 2.76 bits per heavy atom. The van der Waals surface area contributed by atoms with Crippen molar-refractivity contribution in [2.45, 2.75) is 33.1 Å². The van der Waals surface area contributed by atoms with Gasteiger partial charge in [0, 0.05) is 37.5 Å². The van der Waals surface area contributed by atoms with Crippen LogP contribution < -0.4 is 5.32 Å². The Kier molecular flexibility index (Phi) is 4.08. The monoisotopic (exact) mass is 388 g/mol. The number of hydrogen-bond donors (Lipinski definition) is 1. The summed E-state index contributed by atoms with van der Waals surface area (Å²) in [6, 6.07) is 7.85. The molecule has 0 amide bonds. The fourth-order valence-electron chi connectivity index (χ4n) is 3.83. The van der Waals surface area contributed by atoms with Gasteiger partial charge in [0.2, 0.25) is 5.95 Å². The van der Waals surface area contributed by atoms with Crippen molar-refractivity contribution in [2.24, 2.45) is 18.4 Å². The Balaban J connectivity index is 1.42. The summed E-state index contributed by atoms with van der Waals surface area (Å²) in [7, 11) is 1.87. The zero-order valence-electron chi connectivity index (χ0n) is 16.9. The number of hydrogen-bond acceptors (Lipinski definition) is 6. The van der Waals surface area contributed by atoms with Crippen molar-refractivity contribution in [2.75, 3.05) is 5.32 Å². The third-order valence-corrected chi connectivity index (χ3v) is 5.79. The van der Waals surface area contributed by atoms with E-state index in [-0.39, 0.29) is 5.41 Å². The van der Waals surface area contributed by atoms with Gasteiger partial charge in [-0.25, -0.2) is 9.97 Å². The fraction of sp³-hybridized carbons (Fsp3) is 0.381. The van der Waals surface area contributed by atoms with Gasteiger partial charge in [-0.15, -0.1) is 10.2 Å². The minimum absolute atomic E-state index is 0.265. The van der Waals surface area contributed by atoms with E-state index in [2.05, 4.69) is 54.9 Å². The van der Waals surface area contributed by atoms with E-state index in [1.54, 1.807) is 17.1 Å². The van der Waals surface area contributed by atoms with Crippen molar-refractivity contribution in [3.05, 3.63) is 48.7 Å². The first-order valence-electron chi connectivity index (χ1n) is 9.92. The molecule has 0 spiro atoms. The van der Waals surface area contributed by atoms with E-state index in [4.69, 9.17) is 0 Å². The quantitative estimate of drug-likeness (QED) is 0.543. The topological polar surface area (TPSA) is 85.8 Å². The molecule has 4 heterocycles. The molecule has 0 bridgehead atoms. The smallest absolute Gasteiger partial charge is 0.228 e. The molecule has 0 unspecified atom stereocenters. The van der Waals surface area contributed by atoms with E-state index in [0.717, 1.165) is 40.9 Å². The Morgan fingerprint density at radius 2 is 2.00 bits per heavy atom. The van der Waals surface area contributed by atoms with Crippen LogP contribution in [0.25, 0.3) is 16.9 Å². The lowest BCUT2D eigenvalue weighted by molar-refractivity contribution is 0.300. The predicted octanol–water partition coefficient (Wildman–Crippen LogP) is 3.64. The number of rotatable bonds is 6. The summed E-state index contributed by atoms with van der Waals surface area (Å²) in [6.07, 6.45) is 9.11. The van der Waals surface area contributed by atoms with Gasteiger partial charge in [-0.1, -0.05) is 13.8 Å². The van der Waals surface area contributed by atoms with Gasteiger partial charge in [0.25, 0.3) is 0 Å². The maximum absolute atomic E-state index is 4.64. The Labute approximate surface area is 169 Å². The second kappa shape index (κ2) is 6.65. The number of nitrogens with zero attached hydrogens (tertiary/aromatic N) is 7. The minimum Gasteiger partial charge on any atom is -0.309 e. The molecular weight excluding hydrogens is 364 g/mol. The first-order chi connectivity index (χ1) is 14.0. The number of aryl methyl sites for hydroxylation is 1. The molecule has 1 aliphatic rings. The van der Waals surface area contributed by atoms with Gasteiger partial charge in [0.1, 0.15) is 11.6 Å². The zero-order chi connectivity index (χ0) is 20.0. The van der Waals surface area contributed by atoms with Crippen molar-refractivity contribution in [1.82, 2.24) is 34.3 Å². The van der Waals surface area contributed by atoms with Crippen LogP contribution in [0.1, 0.15) is 32.5 Å². The van der Waals surface area contributed by atoms with Crippen molar-refractivity contribution >= 4 is 17.4 Å². The van der Waals surface area contributed by atoms with E-state index < -0.39 is 0 Å². The molecule has 1 fully saturated rings. The summed E-state index contributed by atoms with van der Waals surface area (Å²) >= 11 is 0. The van der Waals surface area contributed by atoms with Gasteiger partial charge in [0.15, 0.2) is 5.65 Å². The Morgan fingerprint density at radius 1 is 1.14 bits per heavy atom. The van der Waals surface area contributed by atoms with Crippen LogP contribution in [-0.2, 0) is 13.5 Å². The van der Waals surface area contributed by atoms with Crippen molar-refractivity contribution in [3.8, 4) is 11.3 Å². The van der Waals surface area contributed by atoms with Crippen molar-refractivity contribution in [3.63, 3.8) is 0 Å². The maximum atomic E-state index is 4.64. The highest BCUT2D eigenvalue weighted by atomic mass is 15.3. The molecule has 8 heteroatoms. The van der Waals surface area contributed by atoms with E-state index in [0.29, 0.717) is 5.95 Å². The summed E-state index contributed by atoms with van der Waals surface area (Å²) in [5.41, 5.74) is 2.91. The average molecular weight is 388 g/mol. The highest BCUT2D eigenvalue weighted by Gasteiger charge is 2.38. The third kappa shape index (κ3) is 3.46. The number of fused-ring (bicyclic) bond motifs is 1. The van der Waals surface area contributed by atoms with Gasteiger partial charge in [-0.3, -0.25) is 9.08 Å². The molecule has 0 aromatic carbocycles. The second-order valence-corrected chi connectivity index (χ2v) is 8.43. The highest BCUT2D eigenvalue weighted by molar-refractivity contribution is 5.65. The van der Waals surface area contributed by atoms with Gasteiger partial charge in [0.05, 0.1) is 11.9 Å². The Bertz CT molecular complexity index is 1170. The molecule has 29 heavy (non-hydrogen) atoms. The van der Waals surface area contributed by atoms with E-state index in [1.165, 1.54) is 12.8 Å². The molecule has 1 N–H and O–H groups in total. The fourth-order valence-corrected chi connectivity index (χ4v) is 3.83. The molecule has 8 nitrogen and oxygen atoms in total. The molecule has 0 atom stereocenters. The second-order valence-electron chi connectivity index (χ2n) is 8.43. The van der Waals surface area contributed by atoms with E-state index in [1.807, 2.05) is 31.4 Å². The van der Waals surface area contributed by atoms with Crippen LogP contribution >= 0.6 is 0 Å². The lowest BCUT2D eigenvalue weighted by atomic mass is 9.83. The molecule has 148 valence electrons. The summed E-state index contributed by atoms with van der Waals surface area (Å²) in [4.78, 5) is 8.96. The SMILES string of the molecule is Cn1nccc1Nc1nccc(-c2ccn3c(CC(C)(C)C4CC4)nnc3c2)n1. The zero-order valence-corrected chi connectivity index (χ0v) is 16.9. The van der Waals surface area contributed by atoms with Crippen LogP contribution in [0, 0.1) is 11.3 Å². The van der Waals surface area contributed by atoms with E-state index in [9.17, 15) is 0 Å². The molecule has 0 radical (unpaired) electrons. The summed E-state index contributed by atoms with van der Waals surface area (Å²) in [5, 5.41) is 16.2. The van der Waals surface area contributed by atoms with Crippen LogP contribution in [0.3, 0.4) is 0 Å². The van der Waals surface area contributed by atoms with Crippen LogP contribution in [0.5, 0.6) is 0 Å². The number of pyridine rings is 1. The summed E-state index contributed by atoms with van der Waals surface area (Å²) in [5.74, 6) is 3.18. The number of aromatic nitrogens is 7. The van der Waals surface area contributed by atoms with Crippen molar-refractivity contribution < 1.29 is 0 Å². The van der Waals surface area contributed by atoms with E-state index >= 15 is 0 Å². The molecule has 0 saturated heterocycles. The normalized spacial score (nSPS) is 14.4. The van der Waals surface area contributed by atoms with Gasteiger partial charge in [-0.05, 0) is 42.4 Å². The molecule has 4 aromatic rings. The standard InChI is InChI=1S/C21H24N8/c1-21(2,15-4-5-15)13-19-27-26-18-12-14(8-11-29(18)19)16-6-9-22-20(24-16)25-17-7-10-23-28(17)3/h6-12,15H,4-5,13H2,1-3H3,(H,22,24,25). The lowest BCUT2D eigenvalue weighted by Crippen LogP contribution is -2.19. The number of nitrogens with one attached hydrogen (secondary N) is 1. The van der Waals surface area contributed by atoms with Crippen LogP contribution in [-0.4, -0.2) is 34.3 Å². The highest BCUT2D eigenvalue weighted by Crippen LogP contribution is 2.46. The average Bonchev–Trinajstić information content (AvgIpc) is 3.41. The first kappa shape index (κ1) is 17.8. The molecular formula is C21H24N8. The summed E-state index contributed by atoms with van der Waals surface area (Å²) in [6.45, 7) is 4.66. The minimum atomic E-state index is 0.265. The molecule has 1 saturated carbocycles. The number of anilines is 2. The molecule has 1 aliphatic carbocycles.